The lowest BCUT2D eigenvalue weighted by Crippen LogP contribution is -2.28. The van der Waals surface area contributed by atoms with Crippen LogP contribution < -0.4 is 10.2 Å². The van der Waals surface area contributed by atoms with Gasteiger partial charge in [0.05, 0.1) is 11.6 Å². The molecule has 1 atom stereocenters. The Balaban J connectivity index is 1.47. The number of halogens is 2. The first-order chi connectivity index (χ1) is 13.5. The van der Waals surface area contributed by atoms with Crippen molar-refractivity contribution in [1.29, 1.82) is 0 Å². The van der Waals surface area contributed by atoms with Crippen LogP contribution in [0, 0.1) is 11.7 Å². The molecule has 1 aliphatic rings. The third-order valence-electron chi connectivity index (χ3n) is 4.61. The van der Waals surface area contributed by atoms with E-state index < -0.39 is 11.7 Å². The molecule has 1 aliphatic heterocycles. The molecule has 1 unspecified atom stereocenters. The summed E-state index contributed by atoms with van der Waals surface area (Å²) in [6, 6.07) is 13.5. The summed E-state index contributed by atoms with van der Waals surface area (Å²) in [4.78, 5) is 26.6. The van der Waals surface area contributed by atoms with Crippen LogP contribution in [0.5, 0.6) is 0 Å². The minimum absolute atomic E-state index is 0.112. The Morgan fingerprint density at radius 1 is 1.18 bits per heavy atom. The maximum absolute atomic E-state index is 14.4. The first kappa shape index (κ1) is 18.4. The fraction of sp³-hybridized carbons (Fsp3) is 0.150. The summed E-state index contributed by atoms with van der Waals surface area (Å²) in [7, 11) is 0. The van der Waals surface area contributed by atoms with Gasteiger partial charge in [-0.25, -0.2) is 9.07 Å². The van der Waals surface area contributed by atoms with E-state index >= 15 is 0 Å². The highest BCUT2D eigenvalue weighted by atomic mass is 79.9. The van der Waals surface area contributed by atoms with Crippen molar-refractivity contribution in [3.8, 4) is 5.69 Å². The summed E-state index contributed by atoms with van der Waals surface area (Å²) in [5.74, 6) is -1.44. The first-order valence-corrected chi connectivity index (χ1v) is 9.47. The number of amides is 2. The molecule has 0 bridgehead atoms. The number of aromatic nitrogens is 2. The molecule has 142 valence electrons. The summed E-state index contributed by atoms with van der Waals surface area (Å²) in [5, 5.41) is 6.70. The normalized spacial score (nSPS) is 16.4. The van der Waals surface area contributed by atoms with E-state index in [1.807, 2.05) is 24.3 Å². The molecule has 0 saturated carbocycles. The summed E-state index contributed by atoms with van der Waals surface area (Å²) >= 11 is 3.43. The number of rotatable bonds is 4. The van der Waals surface area contributed by atoms with E-state index in [9.17, 15) is 14.0 Å². The highest BCUT2D eigenvalue weighted by molar-refractivity contribution is 9.10. The molecule has 2 heterocycles. The predicted molar refractivity (Wildman–Crippen MR) is 107 cm³/mol. The minimum Gasteiger partial charge on any atom is -0.326 e. The van der Waals surface area contributed by atoms with Crippen LogP contribution in [0.3, 0.4) is 0 Å². The van der Waals surface area contributed by atoms with E-state index in [0.29, 0.717) is 11.4 Å². The van der Waals surface area contributed by atoms with Gasteiger partial charge in [0.1, 0.15) is 5.69 Å². The average Bonchev–Trinajstić information content (AvgIpc) is 3.32. The molecule has 1 saturated heterocycles. The molecule has 6 nitrogen and oxygen atoms in total. The molecule has 0 spiro atoms. The summed E-state index contributed by atoms with van der Waals surface area (Å²) < 4.78 is 16.6. The van der Waals surface area contributed by atoms with E-state index in [1.165, 1.54) is 10.7 Å². The number of hydrogen-bond donors (Lipinski definition) is 1. The summed E-state index contributed by atoms with van der Waals surface area (Å²) in [5.41, 5.74) is 1.36. The smallest absolute Gasteiger partial charge is 0.229 e. The van der Waals surface area contributed by atoms with Gasteiger partial charge in [-0.05, 0) is 52.3 Å². The third kappa shape index (κ3) is 3.55. The average molecular weight is 443 g/mol. The van der Waals surface area contributed by atoms with Crippen molar-refractivity contribution >= 4 is 39.1 Å². The standard InChI is InChI=1S/C20H16BrFN4O2/c21-15-4-1-2-5-17(15)25-12-13(10-19(25)27)20(28)24-14-6-7-18(16(22)11-14)26-9-3-8-23-26/h1-9,11,13H,10,12H2,(H,24,28). The highest BCUT2D eigenvalue weighted by Crippen LogP contribution is 2.31. The number of nitrogens with one attached hydrogen (secondary N) is 1. The molecule has 0 aliphatic carbocycles. The van der Waals surface area contributed by atoms with Crippen molar-refractivity contribution in [2.24, 2.45) is 5.92 Å². The highest BCUT2D eigenvalue weighted by Gasteiger charge is 2.35. The van der Waals surface area contributed by atoms with Crippen molar-refractivity contribution in [3.05, 3.63) is 71.2 Å². The monoisotopic (exact) mass is 442 g/mol. The van der Waals surface area contributed by atoms with E-state index in [4.69, 9.17) is 0 Å². The van der Waals surface area contributed by atoms with Crippen LogP contribution in [0.2, 0.25) is 0 Å². The predicted octanol–water partition coefficient (Wildman–Crippen LogP) is 3.77. The summed E-state index contributed by atoms with van der Waals surface area (Å²) in [6.07, 6.45) is 3.31. The van der Waals surface area contributed by atoms with Gasteiger partial charge in [-0.15, -0.1) is 0 Å². The molecule has 2 aromatic carbocycles. The minimum atomic E-state index is -0.506. The zero-order chi connectivity index (χ0) is 19.7. The number of benzene rings is 2. The van der Waals surface area contributed by atoms with Gasteiger partial charge in [0, 0.05) is 35.5 Å². The van der Waals surface area contributed by atoms with Crippen molar-refractivity contribution in [3.63, 3.8) is 0 Å². The maximum atomic E-state index is 14.4. The Morgan fingerprint density at radius 3 is 2.71 bits per heavy atom. The lowest BCUT2D eigenvalue weighted by Gasteiger charge is -2.18. The Bertz CT molecular complexity index is 1040. The van der Waals surface area contributed by atoms with Gasteiger partial charge < -0.3 is 10.2 Å². The molecule has 0 radical (unpaired) electrons. The zero-order valence-corrected chi connectivity index (χ0v) is 16.3. The Labute approximate surface area is 169 Å². The van der Waals surface area contributed by atoms with Gasteiger partial charge in [0.25, 0.3) is 0 Å². The fourth-order valence-electron chi connectivity index (χ4n) is 3.21. The molecular formula is C20H16BrFN4O2. The van der Waals surface area contributed by atoms with Gasteiger partial charge in [-0.2, -0.15) is 5.10 Å². The Morgan fingerprint density at radius 2 is 2.00 bits per heavy atom. The number of para-hydroxylation sites is 1. The number of carbonyl (C=O) groups is 2. The molecule has 4 rings (SSSR count). The Kier molecular flexibility index (Phi) is 4.95. The molecule has 1 N–H and O–H groups in total. The zero-order valence-electron chi connectivity index (χ0n) is 14.7. The van der Waals surface area contributed by atoms with Gasteiger partial charge in [-0.3, -0.25) is 9.59 Å². The second-order valence-corrected chi connectivity index (χ2v) is 7.32. The van der Waals surface area contributed by atoms with Crippen LogP contribution in [-0.2, 0) is 9.59 Å². The molecule has 1 aromatic heterocycles. The fourth-order valence-corrected chi connectivity index (χ4v) is 3.71. The van der Waals surface area contributed by atoms with Crippen LogP contribution in [0.15, 0.2) is 65.4 Å². The van der Waals surface area contributed by atoms with Gasteiger partial charge >= 0.3 is 0 Å². The number of nitrogens with zero attached hydrogens (tertiary/aromatic N) is 3. The lowest BCUT2D eigenvalue weighted by atomic mass is 10.1. The van der Waals surface area contributed by atoms with Crippen molar-refractivity contribution in [2.45, 2.75) is 6.42 Å². The molecular weight excluding hydrogens is 427 g/mol. The maximum Gasteiger partial charge on any atom is 0.229 e. The van der Waals surface area contributed by atoms with Crippen LogP contribution in [0.4, 0.5) is 15.8 Å². The van der Waals surface area contributed by atoms with E-state index in [1.54, 1.807) is 35.5 Å². The quantitative estimate of drug-likeness (QED) is 0.668. The summed E-state index contributed by atoms with van der Waals surface area (Å²) in [6.45, 7) is 0.279. The third-order valence-corrected chi connectivity index (χ3v) is 5.28. The SMILES string of the molecule is O=C(Nc1ccc(-n2cccn2)c(F)c1)C1CC(=O)N(c2ccccc2Br)C1. The van der Waals surface area contributed by atoms with Crippen molar-refractivity contribution in [2.75, 3.05) is 16.8 Å². The van der Waals surface area contributed by atoms with Gasteiger partial charge in [0.15, 0.2) is 5.82 Å². The molecule has 2 amide bonds. The van der Waals surface area contributed by atoms with Crippen LogP contribution in [0.1, 0.15) is 6.42 Å². The van der Waals surface area contributed by atoms with Gasteiger partial charge in [-0.1, -0.05) is 12.1 Å². The molecule has 28 heavy (non-hydrogen) atoms. The van der Waals surface area contributed by atoms with Crippen LogP contribution in [0.25, 0.3) is 5.69 Å². The van der Waals surface area contributed by atoms with Crippen molar-refractivity contribution in [1.82, 2.24) is 9.78 Å². The number of hydrogen-bond acceptors (Lipinski definition) is 3. The molecule has 1 fully saturated rings. The lowest BCUT2D eigenvalue weighted by molar-refractivity contribution is -0.122. The molecule has 8 heteroatoms. The second kappa shape index (κ2) is 7.55. The number of carbonyl (C=O) groups excluding carboxylic acids is 2. The van der Waals surface area contributed by atoms with Crippen LogP contribution >= 0.6 is 15.9 Å². The second-order valence-electron chi connectivity index (χ2n) is 6.46. The topological polar surface area (TPSA) is 67.2 Å². The number of anilines is 2. The largest absolute Gasteiger partial charge is 0.326 e. The van der Waals surface area contributed by atoms with E-state index in [0.717, 1.165) is 10.2 Å². The van der Waals surface area contributed by atoms with Crippen molar-refractivity contribution < 1.29 is 14.0 Å². The van der Waals surface area contributed by atoms with E-state index in [-0.39, 0.29) is 24.8 Å². The molecule has 3 aromatic rings. The van der Waals surface area contributed by atoms with E-state index in [2.05, 4.69) is 26.3 Å². The van der Waals surface area contributed by atoms with Crippen LogP contribution in [-0.4, -0.2) is 28.1 Å². The Hall–Kier alpha value is -3.00. The first-order valence-electron chi connectivity index (χ1n) is 8.68. The van der Waals surface area contributed by atoms with Gasteiger partial charge in [0.2, 0.25) is 11.8 Å².